The Hall–Kier alpha value is -3.76. The zero-order valence-corrected chi connectivity index (χ0v) is 18.1. The number of ether oxygens (including phenoxy) is 3. The maximum Gasteiger partial charge on any atom is 0.358 e. The molecule has 0 aliphatic rings. The number of nitrogens with one attached hydrogen (secondary N) is 1. The zero-order valence-electron chi connectivity index (χ0n) is 18.1. The highest BCUT2D eigenvalue weighted by atomic mass is 19.1. The van der Waals surface area contributed by atoms with Crippen LogP contribution < -0.4 is 14.8 Å². The predicted octanol–water partition coefficient (Wildman–Crippen LogP) is 3.56. The maximum absolute atomic E-state index is 14.5. The minimum absolute atomic E-state index is 0.0454. The number of rotatable bonds is 9. The molecule has 1 N–H and O–H groups in total. The van der Waals surface area contributed by atoms with Gasteiger partial charge in [-0.05, 0) is 25.0 Å². The Kier molecular flexibility index (Phi) is 7.18. The van der Waals surface area contributed by atoms with Crippen molar-refractivity contribution in [2.45, 2.75) is 26.9 Å². The summed E-state index contributed by atoms with van der Waals surface area (Å²) in [7, 11) is 2.96. The number of anilines is 2. The molecule has 11 heteroatoms. The third kappa shape index (κ3) is 4.93. The second kappa shape index (κ2) is 10.0. The van der Waals surface area contributed by atoms with E-state index < -0.39 is 17.6 Å². The minimum Gasteiger partial charge on any atom is -0.494 e. The van der Waals surface area contributed by atoms with E-state index in [9.17, 15) is 13.6 Å². The Morgan fingerprint density at radius 1 is 1.16 bits per heavy atom. The number of aromatic nitrogens is 4. The van der Waals surface area contributed by atoms with Crippen molar-refractivity contribution in [2.24, 2.45) is 7.05 Å². The Balaban J connectivity index is 1.70. The fraction of sp³-hybridized carbons (Fsp3) is 0.333. The minimum atomic E-state index is -0.810. The van der Waals surface area contributed by atoms with E-state index in [1.807, 2.05) is 0 Å². The number of nitrogens with zero attached hydrogens (tertiary/aromatic N) is 4. The quantitative estimate of drug-likeness (QED) is 0.497. The molecule has 0 aliphatic carbocycles. The molecule has 0 unspecified atom stereocenters. The molecule has 1 aromatic carbocycles. The van der Waals surface area contributed by atoms with Crippen molar-refractivity contribution in [1.82, 2.24) is 19.7 Å². The van der Waals surface area contributed by atoms with Gasteiger partial charge in [0.1, 0.15) is 18.2 Å². The summed E-state index contributed by atoms with van der Waals surface area (Å²) in [6.45, 7) is 3.35. The molecular weight excluding hydrogens is 424 g/mol. The number of aryl methyl sites for hydroxylation is 2. The fourth-order valence-corrected chi connectivity index (χ4v) is 2.87. The van der Waals surface area contributed by atoms with Crippen molar-refractivity contribution >= 4 is 17.7 Å². The van der Waals surface area contributed by atoms with Gasteiger partial charge in [0.25, 0.3) is 0 Å². The summed E-state index contributed by atoms with van der Waals surface area (Å²) in [5.41, 5.74) is 0.242. The van der Waals surface area contributed by atoms with Gasteiger partial charge in [-0.2, -0.15) is 5.10 Å². The van der Waals surface area contributed by atoms with Crippen LogP contribution in [0.1, 0.15) is 35.5 Å². The maximum atomic E-state index is 14.5. The highest BCUT2D eigenvalue weighted by Crippen LogP contribution is 2.28. The predicted molar refractivity (Wildman–Crippen MR) is 111 cm³/mol. The topological polar surface area (TPSA) is 100 Å². The first-order valence-corrected chi connectivity index (χ1v) is 9.84. The normalized spacial score (nSPS) is 10.7. The summed E-state index contributed by atoms with van der Waals surface area (Å²) in [4.78, 5) is 20.0. The van der Waals surface area contributed by atoms with Gasteiger partial charge in [-0.3, -0.25) is 4.68 Å². The standard InChI is InChI=1S/C21H23F2N5O4/c1-5-12-7-16(30-4)19(23)14(18(12)22)11-32-13-9-24-21(25-10-13)26-17-8-15(27-28(17)3)20(29)31-6-2/h7-10H,5-6,11H2,1-4H3,(H,24,25,26). The van der Waals surface area contributed by atoms with E-state index in [0.717, 1.165) is 0 Å². The summed E-state index contributed by atoms with van der Waals surface area (Å²) in [6, 6.07) is 2.84. The molecule has 2 aromatic heterocycles. The molecule has 170 valence electrons. The van der Waals surface area contributed by atoms with Gasteiger partial charge in [0, 0.05) is 13.1 Å². The largest absolute Gasteiger partial charge is 0.494 e. The average molecular weight is 447 g/mol. The van der Waals surface area contributed by atoms with Crippen molar-refractivity contribution in [3.63, 3.8) is 0 Å². The first-order valence-electron chi connectivity index (χ1n) is 9.84. The number of halogens is 2. The molecular formula is C21H23F2N5O4. The second-order valence-electron chi connectivity index (χ2n) is 6.61. The number of carbonyl (C=O) groups excluding carboxylic acids is 1. The lowest BCUT2D eigenvalue weighted by molar-refractivity contribution is 0.0518. The Labute approximate surface area is 183 Å². The summed E-state index contributed by atoms with van der Waals surface area (Å²) in [6.07, 6.45) is 3.09. The SMILES string of the molecule is CCOC(=O)c1cc(Nc2ncc(OCc3c(F)c(CC)cc(OC)c3F)cn2)n(C)n1. The van der Waals surface area contributed by atoms with Crippen LogP contribution in [0.4, 0.5) is 20.5 Å². The average Bonchev–Trinajstić information content (AvgIpc) is 3.15. The van der Waals surface area contributed by atoms with Crippen molar-refractivity contribution in [3.05, 3.63) is 53.0 Å². The molecule has 0 saturated heterocycles. The summed E-state index contributed by atoms with van der Waals surface area (Å²) in [5.74, 6) is -1.17. The van der Waals surface area contributed by atoms with Crippen LogP contribution in [0, 0.1) is 11.6 Å². The van der Waals surface area contributed by atoms with Gasteiger partial charge >= 0.3 is 5.97 Å². The van der Waals surface area contributed by atoms with Gasteiger partial charge in [0.15, 0.2) is 23.0 Å². The van der Waals surface area contributed by atoms with Gasteiger partial charge in [0.2, 0.25) is 5.95 Å². The number of benzene rings is 1. The molecule has 2 heterocycles. The molecule has 0 radical (unpaired) electrons. The zero-order chi connectivity index (χ0) is 23.3. The third-order valence-corrected chi connectivity index (χ3v) is 4.55. The number of hydrogen-bond acceptors (Lipinski definition) is 8. The van der Waals surface area contributed by atoms with Gasteiger partial charge in [0.05, 0.1) is 31.7 Å². The molecule has 0 amide bonds. The third-order valence-electron chi connectivity index (χ3n) is 4.55. The van der Waals surface area contributed by atoms with Crippen molar-refractivity contribution in [1.29, 1.82) is 0 Å². The molecule has 0 saturated carbocycles. The van der Waals surface area contributed by atoms with E-state index in [2.05, 4.69) is 20.4 Å². The lowest BCUT2D eigenvalue weighted by Gasteiger charge is -2.13. The van der Waals surface area contributed by atoms with E-state index in [1.165, 1.54) is 36.3 Å². The molecule has 0 bridgehead atoms. The Bertz CT molecular complexity index is 1070. The molecule has 0 spiro atoms. The molecule has 9 nitrogen and oxygen atoms in total. The van der Waals surface area contributed by atoms with Crippen molar-refractivity contribution in [2.75, 3.05) is 19.0 Å². The highest BCUT2D eigenvalue weighted by molar-refractivity contribution is 5.88. The van der Waals surface area contributed by atoms with Gasteiger partial charge in [-0.1, -0.05) is 6.92 Å². The van der Waals surface area contributed by atoms with E-state index in [-0.39, 0.29) is 41.9 Å². The highest BCUT2D eigenvalue weighted by Gasteiger charge is 2.19. The van der Waals surface area contributed by atoms with E-state index >= 15 is 0 Å². The van der Waals surface area contributed by atoms with E-state index in [0.29, 0.717) is 17.8 Å². The van der Waals surface area contributed by atoms with E-state index in [4.69, 9.17) is 14.2 Å². The molecule has 0 fully saturated rings. The van der Waals surface area contributed by atoms with Crippen molar-refractivity contribution in [3.8, 4) is 11.5 Å². The number of hydrogen-bond donors (Lipinski definition) is 1. The monoisotopic (exact) mass is 447 g/mol. The van der Waals surface area contributed by atoms with Crippen molar-refractivity contribution < 1.29 is 27.8 Å². The lowest BCUT2D eigenvalue weighted by atomic mass is 10.1. The number of methoxy groups -OCH3 is 1. The van der Waals surface area contributed by atoms with E-state index in [1.54, 1.807) is 20.9 Å². The summed E-state index contributed by atoms with van der Waals surface area (Å²) >= 11 is 0. The second-order valence-corrected chi connectivity index (χ2v) is 6.61. The Morgan fingerprint density at radius 3 is 2.50 bits per heavy atom. The van der Waals surface area contributed by atoms with Crippen LogP contribution in [-0.4, -0.2) is 39.4 Å². The molecule has 0 aliphatic heterocycles. The molecule has 3 aromatic rings. The lowest BCUT2D eigenvalue weighted by Crippen LogP contribution is -2.07. The number of carbonyl (C=O) groups is 1. The molecule has 3 rings (SSSR count). The van der Waals surface area contributed by atoms with Gasteiger partial charge in [-0.15, -0.1) is 0 Å². The Morgan fingerprint density at radius 2 is 1.88 bits per heavy atom. The fourth-order valence-electron chi connectivity index (χ4n) is 2.87. The first-order chi connectivity index (χ1) is 15.4. The van der Waals surface area contributed by atoms with Crippen LogP contribution in [0.25, 0.3) is 0 Å². The van der Waals surface area contributed by atoms with Gasteiger partial charge < -0.3 is 19.5 Å². The molecule has 0 atom stereocenters. The smallest absolute Gasteiger partial charge is 0.358 e. The van der Waals surface area contributed by atoms with Gasteiger partial charge in [-0.25, -0.2) is 23.5 Å². The summed E-state index contributed by atoms with van der Waals surface area (Å²) < 4.78 is 45.8. The summed E-state index contributed by atoms with van der Waals surface area (Å²) in [5, 5.41) is 6.99. The van der Waals surface area contributed by atoms with Crippen LogP contribution in [0.2, 0.25) is 0 Å². The number of esters is 1. The van der Waals surface area contributed by atoms with Crippen LogP contribution in [0.3, 0.4) is 0 Å². The molecule has 32 heavy (non-hydrogen) atoms. The van der Waals surface area contributed by atoms with Crippen LogP contribution in [0.5, 0.6) is 11.5 Å². The van der Waals surface area contributed by atoms with Crippen LogP contribution in [-0.2, 0) is 24.8 Å². The first kappa shape index (κ1) is 22.9. The van der Waals surface area contributed by atoms with Crippen LogP contribution in [0.15, 0.2) is 24.5 Å². The van der Waals surface area contributed by atoms with Crippen LogP contribution >= 0.6 is 0 Å².